The van der Waals surface area contributed by atoms with E-state index >= 15 is 0 Å². The SMILES string of the molecule is CCC(Nc1ccccc1SC1CCCC1)c1ccco1. The Labute approximate surface area is 131 Å². The monoisotopic (exact) mass is 301 g/mol. The zero-order valence-electron chi connectivity index (χ0n) is 12.5. The van der Waals surface area contributed by atoms with Crippen LogP contribution < -0.4 is 5.32 Å². The van der Waals surface area contributed by atoms with Gasteiger partial charge in [-0.3, -0.25) is 0 Å². The number of benzene rings is 1. The fourth-order valence-electron chi connectivity index (χ4n) is 2.93. The molecule has 0 radical (unpaired) electrons. The Kier molecular flexibility index (Phi) is 4.91. The van der Waals surface area contributed by atoms with Gasteiger partial charge in [0.15, 0.2) is 0 Å². The first-order valence-corrected chi connectivity index (χ1v) is 8.80. The maximum atomic E-state index is 5.56. The molecule has 3 heteroatoms. The largest absolute Gasteiger partial charge is 0.467 e. The Balaban J connectivity index is 1.74. The number of hydrogen-bond donors (Lipinski definition) is 1. The molecule has 1 fully saturated rings. The van der Waals surface area contributed by atoms with Gasteiger partial charge in [0.25, 0.3) is 0 Å². The molecule has 0 spiro atoms. The highest BCUT2D eigenvalue weighted by molar-refractivity contribution is 8.00. The molecule has 21 heavy (non-hydrogen) atoms. The zero-order valence-corrected chi connectivity index (χ0v) is 13.4. The summed E-state index contributed by atoms with van der Waals surface area (Å²) in [4.78, 5) is 1.37. The molecule has 1 N–H and O–H groups in total. The van der Waals surface area contributed by atoms with Crippen molar-refractivity contribution < 1.29 is 4.42 Å². The first-order valence-electron chi connectivity index (χ1n) is 7.92. The van der Waals surface area contributed by atoms with Crippen LogP contribution in [0.25, 0.3) is 0 Å². The van der Waals surface area contributed by atoms with Gasteiger partial charge in [0.1, 0.15) is 5.76 Å². The molecule has 3 rings (SSSR count). The molecule has 1 saturated carbocycles. The minimum atomic E-state index is 0.241. The highest BCUT2D eigenvalue weighted by atomic mass is 32.2. The molecule has 2 aromatic rings. The molecule has 2 nitrogen and oxygen atoms in total. The topological polar surface area (TPSA) is 25.2 Å². The van der Waals surface area contributed by atoms with Crippen LogP contribution in [-0.4, -0.2) is 5.25 Å². The molecule has 1 aliphatic rings. The summed E-state index contributed by atoms with van der Waals surface area (Å²) in [5, 5.41) is 4.45. The summed E-state index contributed by atoms with van der Waals surface area (Å²) in [6, 6.07) is 12.9. The van der Waals surface area contributed by atoms with Crippen molar-refractivity contribution in [3.8, 4) is 0 Å². The molecule has 1 aromatic heterocycles. The van der Waals surface area contributed by atoms with Crippen LogP contribution in [0, 0.1) is 0 Å². The maximum Gasteiger partial charge on any atom is 0.125 e. The smallest absolute Gasteiger partial charge is 0.125 e. The average molecular weight is 301 g/mol. The lowest BCUT2D eigenvalue weighted by atomic mass is 10.1. The standard InChI is InChI=1S/C18H23NOS/c1-2-15(17-11-7-13-20-17)19-16-10-5-6-12-18(16)21-14-8-3-4-9-14/h5-7,10-15,19H,2-4,8-9H2,1H3. The fraction of sp³-hybridized carbons (Fsp3) is 0.444. The van der Waals surface area contributed by atoms with Gasteiger partial charge < -0.3 is 9.73 Å². The number of nitrogens with one attached hydrogen (secondary N) is 1. The number of para-hydroxylation sites is 1. The molecule has 0 aliphatic heterocycles. The molecule has 0 amide bonds. The van der Waals surface area contributed by atoms with Gasteiger partial charge in [-0.25, -0.2) is 0 Å². The summed E-state index contributed by atoms with van der Waals surface area (Å²) in [6.07, 6.45) is 8.24. The number of hydrogen-bond acceptors (Lipinski definition) is 3. The first-order chi connectivity index (χ1) is 10.4. The Hall–Kier alpha value is -1.35. The summed E-state index contributed by atoms with van der Waals surface area (Å²) in [5.74, 6) is 1.01. The summed E-state index contributed by atoms with van der Waals surface area (Å²) < 4.78 is 5.56. The van der Waals surface area contributed by atoms with Crippen molar-refractivity contribution >= 4 is 17.4 Å². The lowest BCUT2D eigenvalue weighted by Crippen LogP contribution is -2.09. The Bertz CT molecular complexity index is 546. The van der Waals surface area contributed by atoms with E-state index in [-0.39, 0.29) is 6.04 Å². The van der Waals surface area contributed by atoms with Crippen molar-refractivity contribution in [2.75, 3.05) is 5.32 Å². The van der Waals surface area contributed by atoms with Crippen LogP contribution in [-0.2, 0) is 0 Å². The lowest BCUT2D eigenvalue weighted by Gasteiger charge is -2.20. The Morgan fingerprint density at radius 3 is 2.71 bits per heavy atom. The van der Waals surface area contributed by atoms with Crippen LogP contribution in [0.4, 0.5) is 5.69 Å². The van der Waals surface area contributed by atoms with Gasteiger partial charge in [0.05, 0.1) is 12.3 Å². The molecule has 1 unspecified atom stereocenters. The third kappa shape index (κ3) is 3.65. The van der Waals surface area contributed by atoms with E-state index in [9.17, 15) is 0 Å². The van der Waals surface area contributed by atoms with Crippen LogP contribution in [0.2, 0.25) is 0 Å². The number of anilines is 1. The van der Waals surface area contributed by atoms with E-state index in [4.69, 9.17) is 4.42 Å². The van der Waals surface area contributed by atoms with E-state index in [1.165, 1.54) is 36.3 Å². The second-order valence-electron chi connectivity index (χ2n) is 5.64. The van der Waals surface area contributed by atoms with E-state index in [0.717, 1.165) is 17.4 Å². The van der Waals surface area contributed by atoms with Crippen LogP contribution in [0.5, 0.6) is 0 Å². The molecule has 1 atom stereocenters. The highest BCUT2D eigenvalue weighted by Crippen LogP contribution is 2.39. The number of thioether (sulfide) groups is 1. The van der Waals surface area contributed by atoms with Crippen molar-refractivity contribution in [1.82, 2.24) is 0 Å². The average Bonchev–Trinajstić information content (AvgIpc) is 3.19. The second-order valence-corrected chi connectivity index (χ2v) is 6.98. The van der Waals surface area contributed by atoms with Gasteiger partial charge in [-0.15, -0.1) is 11.8 Å². The molecule has 1 aliphatic carbocycles. The molecule has 1 aromatic carbocycles. The maximum absolute atomic E-state index is 5.56. The molecular weight excluding hydrogens is 278 g/mol. The van der Waals surface area contributed by atoms with Crippen molar-refractivity contribution in [3.63, 3.8) is 0 Å². The van der Waals surface area contributed by atoms with Gasteiger partial charge >= 0.3 is 0 Å². The van der Waals surface area contributed by atoms with Gasteiger partial charge in [-0.05, 0) is 43.5 Å². The summed E-state index contributed by atoms with van der Waals surface area (Å²) >= 11 is 2.03. The van der Waals surface area contributed by atoms with Crippen LogP contribution in [0.15, 0.2) is 52.0 Å². The van der Waals surface area contributed by atoms with Crippen molar-refractivity contribution in [2.24, 2.45) is 0 Å². The first kappa shape index (κ1) is 14.6. The minimum Gasteiger partial charge on any atom is -0.467 e. The Morgan fingerprint density at radius 2 is 2.00 bits per heavy atom. The molecule has 1 heterocycles. The lowest BCUT2D eigenvalue weighted by molar-refractivity contribution is 0.473. The fourth-order valence-corrected chi connectivity index (χ4v) is 4.27. The van der Waals surface area contributed by atoms with Gasteiger partial charge in [0, 0.05) is 15.8 Å². The van der Waals surface area contributed by atoms with E-state index in [1.807, 2.05) is 23.9 Å². The molecule has 112 valence electrons. The van der Waals surface area contributed by atoms with Crippen molar-refractivity contribution in [2.45, 2.75) is 55.2 Å². The third-order valence-corrected chi connectivity index (χ3v) is 5.52. The zero-order chi connectivity index (χ0) is 14.5. The normalized spacial score (nSPS) is 17.0. The molecule has 0 saturated heterocycles. The minimum absolute atomic E-state index is 0.241. The number of rotatable bonds is 6. The second kappa shape index (κ2) is 7.08. The van der Waals surface area contributed by atoms with Crippen LogP contribution in [0.3, 0.4) is 0 Å². The summed E-state index contributed by atoms with van der Waals surface area (Å²) in [7, 11) is 0. The van der Waals surface area contributed by atoms with Crippen molar-refractivity contribution in [3.05, 3.63) is 48.4 Å². The molecule has 0 bridgehead atoms. The van der Waals surface area contributed by atoms with Gasteiger partial charge in [-0.1, -0.05) is 31.9 Å². The van der Waals surface area contributed by atoms with E-state index < -0.39 is 0 Å². The predicted molar refractivity (Wildman–Crippen MR) is 89.9 cm³/mol. The van der Waals surface area contributed by atoms with Crippen LogP contribution >= 0.6 is 11.8 Å². The highest BCUT2D eigenvalue weighted by Gasteiger charge is 2.19. The predicted octanol–water partition coefficient (Wildman–Crippen LogP) is 5.88. The summed E-state index contributed by atoms with van der Waals surface area (Å²) in [5.41, 5.74) is 1.23. The van der Waals surface area contributed by atoms with Gasteiger partial charge in [-0.2, -0.15) is 0 Å². The number of furan rings is 1. The summed E-state index contributed by atoms with van der Waals surface area (Å²) in [6.45, 7) is 2.19. The molecular formula is C18H23NOS. The van der Waals surface area contributed by atoms with Crippen molar-refractivity contribution in [1.29, 1.82) is 0 Å². The van der Waals surface area contributed by atoms with E-state index in [1.54, 1.807) is 6.26 Å². The van der Waals surface area contributed by atoms with E-state index in [2.05, 4.69) is 36.5 Å². The van der Waals surface area contributed by atoms with Gasteiger partial charge in [0.2, 0.25) is 0 Å². The third-order valence-electron chi connectivity index (χ3n) is 4.11. The van der Waals surface area contributed by atoms with E-state index in [0.29, 0.717) is 0 Å². The Morgan fingerprint density at radius 1 is 1.19 bits per heavy atom. The quantitative estimate of drug-likeness (QED) is 0.721. The van der Waals surface area contributed by atoms with Crippen LogP contribution in [0.1, 0.15) is 50.8 Å².